The fourth-order valence-electron chi connectivity index (χ4n) is 4.16. The van der Waals surface area contributed by atoms with Crippen molar-refractivity contribution in [1.29, 1.82) is 0 Å². The maximum Gasteiger partial charge on any atom is 0.317 e. The summed E-state index contributed by atoms with van der Waals surface area (Å²) in [6.45, 7) is 8.28. The number of urea groups is 1. The molecular formula is C19H36N2O2. The van der Waals surface area contributed by atoms with Crippen LogP contribution in [0.5, 0.6) is 0 Å². The Labute approximate surface area is 142 Å². The lowest BCUT2D eigenvalue weighted by Gasteiger charge is -2.40. The van der Waals surface area contributed by atoms with Crippen LogP contribution in [-0.2, 0) is 4.74 Å². The zero-order chi connectivity index (χ0) is 16.9. The van der Waals surface area contributed by atoms with Gasteiger partial charge >= 0.3 is 6.03 Å². The summed E-state index contributed by atoms with van der Waals surface area (Å²) in [6, 6.07) is 0.508. The van der Waals surface area contributed by atoms with Gasteiger partial charge in [-0.05, 0) is 31.1 Å². The highest BCUT2D eigenvalue weighted by Gasteiger charge is 2.35. The van der Waals surface area contributed by atoms with Gasteiger partial charge in [0.25, 0.3) is 0 Å². The second-order valence-electron chi connectivity index (χ2n) is 8.50. The average molecular weight is 325 g/mol. The Morgan fingerprint density at radius 2 is 1.74 bits per heavy atom. The smallest absolute Gasteiger partial charge is 0.317 e. The minimum Gasteiger partial charge on any atom is -0.377 e. The van der Waals surface area contributed by atoms with Crippen LogP contribution in [0.2, 0.25) is 0 Å². The Kier molecular flexibility index (Phi) is 6.75. The van der Waals surface area contributed by atoms with E-state index in [1.54, 1.807) is 0 Å². The van der Waals surface area contributed by atoms with Crippen LogP contribution in [0.4, 0.5) is 4.79 Å². The van der Waals surface area contributed by atoms with Crippen LogP contribution in [-0.4, -0.2) is 43.3 Å². The minimum absolute atomic E-state index is 0.0927. The first kappa shape index (κ1) is 18.6. The molecule has 1 saturated heterocycles. The first-order valence-corrected chi connectivity index (χ1v) is 9.52. The molecule has 2 aliphatic rings. The summed E-state index contributed by atoms with van der Waals surface area (Å²) in [6.07, 6.45) is 9.94. The van der Waals surface area contributed by atoms with E-state index in [1.807, 2.05) is 11.9 Å². The van der Waals surface area contributed by atoms with Crippen molar-refractivity contribution in [2.45, 2.75) is 84.3 Å². The Bertz CT molecular complexity index is 370. The SMILES string of the molecule is CN(C(=O)NCC1CCCOC1C(C)(C)C)C1CCCCCC1. The maximum absolute atomic E-state index is 12.5. The molecule has 134 valence electrons. The molecule has 1 heterocycles. The van der Waals surface area contributed by atoms with Crippen molar-refractivity contribution in [3.8, 4) is 0 Å². The van der Waals surface area contributed by atoms with Crippen LogP contribution in [0.25, 0.3) is 0 Å². The maximum atomic E-state index is 12.5. The number of carbonyl (C=O) groups is 1. The monoisotopic (exact) mass is 324 g/mol. The van der Waals surface area contributed by atoms with Gasteiger partial charge in [0, 0.05) is 32.2 Å². The van der Waals surface area contributed by atoms with Gasteiger partial charge in [0.05, 0.1) is 6.10 Å². The molecule has 0 radical (unpaired) electrons. The van der Waals surface area contributed by atoms with Crippen molar-refractivity contribution in [2.24, 2.45) is 11.3 Å². The van der Waals surface area contributed by atoms with Gasteiger partial charge in [0.15, 0.2) is 0 Å². The molecule has 0 aromatic carbocycles. The van der Waals surface area contributed by atoms with E-state index in [9.17, 15) is 4.79 Å². The molecular weight excluding hydrogens is 288 g/mol. The molecule has 1 N–H and O–H groups in total. The van der Waals surface area contributed by atoms with E-state index < -0.39 is 0 Å². The van der Waals surface area contributed by atoms with Crippen molar-refractivity contribution < 1.29 is 9.53 Å². The molecule has 2 amide bonds. The van der Waals surface area contributed by atoms with Crippen molar-refractivity contribution in [2.75, 3.05) is 20.2 Å². The van der Waals surface area contributed by atoms with Crippen LogP contribution in [0, 0.1) is 11.3 Å². The van der Waals surface area contributed by atoms with E-state index in [-0.39, 0.29) is 17.6 Å². The molecule has 1 aliphatic carbocycles. The molecule has 1 saturated carbocycles. The number of nitrogens with zero attached hydrogens (tertiary/aromatic N) is 1. The Morgan fingerprint density at radius 3 is 2.35 bits per heavy atom. The second kappa shape index (κ2) is 8.36. The Morgan fingerprint density at radius 1 is 1.09 bits per heavy atom. The Balaban J connectivity index is 1.84. The predicted molar refractivity (Wildman–Crippen MR) is 94.6 cm³/mol. The average Bonchev–Trinajstić information content (AvgIpc) is 2.80. The van der Waals surface area contributed by atoms with Crippen LogP contribution in [0.15, 0.2) is 0 Å². The molecule has 0 aromatic rings. The standard InChI is InChI=1S/C19H36N2O2/c1-19(2,3)17-15(10-9-13-23-17)14-20-18(22)21(4)16-11-7-5-6-8-12-16/h15-17H,5-14H2,1-4H3,(H,20,22). The van der Waals surface area contributed by atoms with Gasteiger partial charge in [-0.2, -0.15) is 0 Å². The number of nitrogens with one attached hydrogen (secondary N) is 1. The van der Waals surface area contributed by atoms with Crippen LogP contribution in [0.3, 0.4) is 0 Å². The third-order valence-corrected chi connectivity index (χ3v) is 5.51. The van der Waals surface area contributed by atoms with E-state index in [2.05, 4.69) is 26.1 Å². The largest absolute Gasteiger partial charge is 0.377 e. The zero-order valence-electron chi connectivity index (χ0n) is 15.6. The molecule has 2 fully saturated rings. The minimum atomic E-state index is 0.0927. The summed E-state index contributed by atoms with van der Waals surface area (Å²) >= 11 is 0. The molecule has 2 rings (SSSR count). The molecule has 0 bridgehead atoms. The van der Waals surface area contributed by atoms with Crippen molar-refractivity contribution in [3.05, 3.63) is 0 Å². The lowest BCUT2D eigenvalue weighted by molar-refractivity contribution is -0.0839. The lowest BCUT2D eigenvalue weighted by atomic mass is 9.78. The first-order valence-electron chi connectivity index (χ1n) is 9.52. The Hall–Kier alpha value is -0.770. The van der Waals surface area contributed by atoms with Crippen LogP contribution < -0.4 is 5.32 Å². The molecule has 4 heteroatoms. The number of hydrogen-bond acceptors (Lipinski definition) is 2. The number of hydrogen-bond donors (Lipinski definition) is 1. The first-order chi connectivity index (χ1) is 10.9. The quantitative estimate of drug-likeness (QED) is 0.791. The van der Waals surface area contributed by atoms with E-state index in [0.29, 0.717) is 12.0 Å². The van der Waals surface area contributed by atoms with Gasteiger partial charge < -0.3 is 15.0 Å². The fraction of sp³-hybridized carbons (Fsp3) is 0.947. The summed E-state index contributed by atoms with van der Waals surface area (Å²) in [4.78, 5) is 14.5. The summed E-state index contributed by atoms with van der Waals surface area (Å²) in [7, 11) is 1.96. The van der Waals surface area contributed by atoms with Crippen molar-refractivity contribution in [1.82, 2.24) is 10.2 Å². The topological polar surface area (TPSA) is 41.6 Å². The second-order valence-corrected chi connectivity index (χ2v) is 8.50. The highest BCUT2D eigenvalue weighted by atomic mass is 16.5. The number of amides is 2. The molecule has 0 aromatic heterocycles. The zero-order valence-corrected chi connectivity index (χ0v) is 15.6. The van der Waals surface area contributed by atoms with Gasteiger partial charge in [0.1, 0.15) is 0 Å². The van der Waals surface area contributed by atoms with Gasteiger partial charge in [0.2, 0.25) is 0 Å². The lowest BCUT2D eigenvalue weighted by Crippen LogP contribution is -2.49. The highest BCUT2D eigenvalue weighted by Crippen LogP contribution is 2.33. The van der Waals surface area contributed by atoms with Crippen molar-refractivity contribution >= 4 is 6.03 Å². The molecule has 0 spiro atoms. The van der Waals surface area contributed by atoms with E-state index in [0.717, 1.165) is 38.8 Å². The summed E-state index contributed by atoms with van der Waals surface area (Å²) in [5.41, 5.74) is 0.128. The van der Waals surface area contributed by atoms with E-state index in [1.165, 1.54) is 25.7 Å². The van der Waals surface area contributed by atoms with E-state index in [4.69, 9.17) is 4.74 Å². The number of carbonyl (C=O) groups excluding carboxylic acids is 1. The fourth-order valence-corrected chi connectivity index (χ4v) is 4.16. The molecule has 23 heavy (non-hydrogen) atoms. The summed E-state index contributed by atoms with van der Waals surface area (Å²) in [5, 5.41) is 3.18. The summed E-state index contributed by atoms with van der Waals surface area (Å²) < 4.78 is 6.02. The number of rotatable bonds is 3. The molecule has 2 atom stereocenters. The predicted octanol–water partition coefficient (Wildman–Crippen LogP) is 4.19. The molecule has 2 unspecified atom stereocenters. The van der Waals surface area contributed by atoms with Gasteiger partial charge in [-0.3, -0.25) is 0 Å². The number of ether oxygens (including phenoxy) is 1. The van der Waals surface area contributed by atoms with Crippen molar-refractivity contribution in [3.63, 3.8) is 0 Å². The van der Waals surface area contributed by atoms with Crippen LogP contribution in [0.1, 0.15) is 72.1 Å². The normalized spacial score (nSPS) is 27.3. The third kappa shape index (κ3) is 5.37. The highest BCUT2D eigenvalue weighted by molar-refractivity contribution is 5.74. The third-order valence-electron chi connectivity index (χ3n) is 5.51. The van der Waals surface area contributed by atoms with E-state index >= 15 is 0 Å². The van der Waals surface area contributed by atoms with Crippen LogP contribution >= 0.6 is 0 Å². The molecule has 1 aliphatic heterocycles. The molecule has 4 nitrogen and oxygen atoms in total. The van der Waals surface area contributed by atoms with Gasteiger partial charge in [-0.15, -0.1) is 0 Å². The van der Waals surface area contributed by atoms with Gasteiger partial charge in [-0.1, -0.05) is 46.5 Å². The summed E-state index contributed by atoms with van der Waals surface area (Å²) in [5.74, 6) is 0.426. The van der Waals surface area contributed by atoms with Gasteiger partial charge in [-0.25, -0.2) is 4.79 Å².